The van der Waals surface area contributed by atoms with Crippen LogP contribution in [-0.4, -0.2) is 90.5 Å². The van der Waals surface area contributed by atoms with Gasteiger partial charge < -0.3 is 36.2 Å². The lowest BCUT2D eigenvalue weighted by molar-refractivity contribution is -0.908. The van der Waals surface area contributed by atoms with E-state index >= 15 is 0 Å². The predicted octanol–water partition coefficient (Wildman–Crippen LogP) is -2.40. The average Bonchev–Trinajstić information content (AvgIpc) is 3.39. The van der Waals surface area contributed by atoms with Gasteiger partial charge in [0.2, 0.25) is 0 Å². The van der Waals surface area contributed by atoms with E-state index in [9.17, 15) is 14.4 Å². The lowest BCUT2D eigenvalue weighted by Gasteiger charge is -2.29. The number of hydrogen-bond acceptors (Lipinski definition) is 6. The van der Waals surface area contributed by atoms with E-state index in [0.29, 0.717) is 31.7 Å². The first-order valence-corrected chi connectivity index (χ1v) is 13.3. The average molecular weight is 570 g/mol. The van der Waals surface area contributed by atoms with Gasteiger partial charge in [-0.2, -0.15) is 0 Å². The summed E-state index contributed by atoms with van der Waals surface area (Å²) < 4.78 is 13.7. The van der Waals surface area contributed by atoms with Crippen molar-refractivity contribution in [3.05, 3.63) is 64.8 Å². The molecule has 4 amide bonds. The van der Waals surface area contributed by atoms with Crippen molar-refractivity contribution < 1.29 is 46.4 Å². The molecule has 2 fully saturated rings. The molecular weight excluding hydrogens is 538 g/mol. The summed E-state index contributed by atoms with van der Waals surface area (Å²) in [6.07, 6.45) is 0.638. The second kappa shape index (κ2) is 11.5. The lowest BCUT2D eigenvalue weighted by Crippen LogP contribution is -3.14. The van der Waals surface area contributed by atoms with E-state index in [0.717, 1.165) is 66.3 Å². The van der Waals surface area contributed by atoms with Gasteiger partial charge in [0.05, 0.1) is 18.9 Å². The van der Waals surface area contributed by atoms with Crippen molar-refractivity contribution in [3.63, 3.8) is 0 Å². The number of fused-ring (bicyclic) bond motifs is 5. The zero-order chi connectivity index (χ0) is 27.1. The number of nitrogens with one attached hydrogen (secondary N) is 2. The Bertz CT molecular complexity index is 1440. The molecule has 3 aliphatic rings. The van der Waals surface area contributed by atoms with Crippen LogP contribution in [0.2, 0.25) is 0 Å². The van der Waals surface area contributed by atoms with E-state index in [1.54, 1.807) is 22.5 Å². The third-order valence-electron chi connectivity index (χ3n) is 8.04. The molecule has 40 heavy (non-hydrogen) atoms. The topological polar surface area (TPSA) is 118 Å². The van der Waals surface area contributed by atoms with Crippen molar-refractivity contribution in [1.82, 2.24) is 19.8 Å². The molecule has 212 valence electrons. The molecule has 4 heterocycles. The van der Waals surface area contributed by atoms with Gasteiger partial charge >= 0.3 is 6.03 Å². The smallest absolute Gasteiger partial charge is 0.327 e. The molecule has 0 radical (unpaired) electrons. The van der Waals surface area contributed by atoms with E-state index < -0.39 is 11.9 Å². The number of nitrogens with zero attached hydrogens (tertiary/aromatic N) is 3. The van der Waals surface area contributed by atoms with Crippen molar-refractivity contribution in [1.29, 1.82) is 0 Å². The first-order valence-electron chi connectivity index (χ1n) is 13.3. The monoisotopic (exact) mass is 569 g/mol. The zero-order valence-electron chi connectivity index (χ0n) is 22.2. The van der Waals surface area contributed by atoms with E-state index in [-0.39, 0.29) is 24.3 Å². The van der Waals surface area contributed by atoms with Crippen molar-refractivity contribution in [2.24, 2.45) is 0 Å². The quantitative estimate of drug-likeness (QED) is 0.166. The SMILES string of the molecule is CN1C(=O)C2c3c(c4cc(OCC[NH+]5CCOCC5)ccc4n3Cc3ccc(C(=O)NO)cc3)CCN2C1=O.[Cl-]. The summed E-state index contributed by atoms with van der Waals surface area (Å²) >= 11 is 0. The lowest BCUT2D eigenvalue weighted by atomic mass is 9.97. The summed E-state index contributed by atoms with van der Waals surface area (Å²) in [5.41, 5.74) is 5.74. The van der Waals surface area contributed by atoms with Gasteiger partial charge in [-0.05, 0) is 47.9 Å². The van der Waals surface area contributed by atoms with Crippen LogP contribution in [0.25, 0.3) is 10.9 Å². The Morgan fingerprint density at radius 1 is 1.15 bits per heavy atom. The van der Waals surface area contributed by atoms with Gasteiger partial charge in [-0.15, -0.1) is 0 Å². The normalized spacial score (nSPS) is 18.9. The van der Waals surface area contributed by atoms with E-state index in [4.69, 9.17) is 14.7 Å². The summed E-state index contributed by atoms with van der Waals surface area (Å²) in [4.78, 5) is 42.2. The largest absolute Gasteiger partial charge is 1.00 e. The predicted molar refractivity (Wildman–Crippen MR) is 140 cm³/mol. The second-order valence-electron chi connectivity index (χ2n) is 10.3. The van der Waals surface area contributed by atoms with Gasteiger partial charge in [-0.25, -0.2) is 10.3 Å². The first-order chi connectivity index (χ1) is 19.0. The molecule has 0 spiro atoms. The fourth-order valence-electron chi connectivity index (χ4n) is 5.93. The number of likely N-dealkylation sites (N-methyl/N-ethyl adjacent to an activating group) is 1. The fourth-order valence-corrected chi connectivity index (χ4v) is 5.93. The number of carbonyl (C=O) groups excluding carboxylic acids is 3. The Labute approximate surface area is 237 Å². The van der Waals surface area contributed by atoms with Crippen molar-refractivity contribution in [2.45, 2.75) is 19.0 Å². The van der Waals surface area contributed by atoms with Crippen LogP contribution in [0.15, 0.2) is 42.5 Å². The maximum absolute atomic E-state index is 13.3. The van der Waals surface area contributed by atoms with Crippen LogP contribution >= 0.6 is 0 Å². The summed E-state index contributed by atoms with van der Waals surface area (Å²) in [5.74, 6) is -0.0328. The molecule has 3 aromatic rings. The number of ether oxygens (including phenoxy) is 2. The molecule has 11 nitrogen and oxygen atoms in total. The standard InChI is InChI=1S/C28H31N5O6.ClH/c1-30-27(35)25-24-21(8-9-32(25)28(30)36)22-16-20(39-15-12-31-10-13-38-14-11-31)6-7-23(22)33(24)17-18-2-4-19(5-3-18)26(34)29-37;/h2-7,16,25,37H,8-15,17H2,1H3,(H,29,34);1H. The van der Waals surface area contributed by atoms with E-state index in [1.807, 2.05) is 24.3 Å². The molecule has 1 atom stereocenters. The molecule has 6 rings (SSSR count). The van der Waals surface area contributed by atoms with E-state index in [2.05, 4.69) is 10.6 Å². The Hall–Kier alpha value is -3.64. The highest BCUT2D eigenvalue weighted by Gasteiger charge is 2.48. The molecule has 12 heteroatoms. The minimum Gasteiger partial charge on any atom is -1.00 e. The van der Waals surface area contributed by atoms with Crippen molar-refractivity contribution in [3.8, 4) is 5.75 Å². The van der Waals surface area contributed by atoms with Gasteiger partial charge in [0.1, 0.15) is 32.0 Å². The van der Waals surface area contributed by atoms with Gasteiger partial charge in [-0.1, -0.05) is 12.1 Å². The van der Waals surface area contributed by atoms with Crippen LogP contribution in [0, 0.1) is 0 Å². The molecule has 2 saturated heterocycles. The molecule has 0 saturated carbocycles. The van der Waals surface area contributed by atoms with Gasteiger partial charge in [0, 0.05) is 36.6 Å². The minimum absolute atomic E-state index is 0. The number of aromatic nitrogens is 1. The zero-order valence-corrected chi connectivity index (χ0v) is 22.9. The Morgan fingerprint density at radius 3 is 2.62 bits per heavy atom. The maximum Gasteiger partial charge on any atom is 0.327 e. The highest BCUT2D eigenvalue weighted by molar-refractivity contribution is 6.05. The van der Waals surface area contributed by atoms with Crippen LogP contribution in [0.3, 0.4) is 0 Å². The molecule has 2 aromatic carbocycles. The molecule has 3 aliphatic heterocycles. The van der Waals surface area contributed by atoms with Crippen LogP contribution < -0.4 is 27.5 Å². The number of hydrogen-bond donors (Lipinski definition) is 3. The number of hydroxylamine groups is 1. The Morgan fingerprint density at radius 2 is 1.90 bits per heavy atom. The molecule has 1 unspecified atom stereocenters. The van der Waals surface area contributed by atoms with Crippen LogP contribution in [0.1, 0.15) is 33.2 Å². The maximum atomic E-state index is 13.3. The van der Waals surface area contributed by atoms with Gasteiger partial charge in [0.25, 0.3) is 11.8 Å². The van der Waals surface area contributed by atoms with Gasteiger partial charge in [-0.3, -0.25) is 19.7 Å². The number of carbonyl (C=O) groups is 3. The number of quaternary nitrogens is 1. The number of morpholine rings is 1. The molecule has 0 aliphatic carbocycles. The molecular formula is C28H32ClN5O6. The number of amides is 4. The number of halogens is 1. The third kappa shape index (κ3) is 4.90. The van der Waals surface area contributed by atoms with Crippen LogP contribution in [-0.2, 0) is 22.5 Å². The first kappa shape index (κ1) is 27.9. The van der Waals surface area contributed by atoms with E-state index in [1.165, 1.54) is 16.8 Å². The molecule has 1 aromatic heterocycles. The van der Waals surface area contributed by atoms with Crippen LogP contribution in [0.4, 0.5) is 4.79 Å². The number of benzene rings is 2. The van der Waals surface area contributed by atoms with Crippen LogP contribution in [0.5, 0.6) is 5.75 Å². The summed E-state index contributed by atoms with van der Waals surface area (Å²) in [6, 6.07) is 12.0. The summed E-state index contributed by atoms with van der Waals surface area (Å²) in [5, 5.41) is 9.95. The molecule has 0 bridgehead atoms. The number of rotatable bonds is 7. The Kier molecular flexibility index (Phi) is 7.99. The Balaban J connectivity index is 0.00000323. The van der Waals surface area contributed by atoms with Gasteiger partial charge in [0.15, 0.2) is 6.04 Å². The second-order valence-corrected chi connectivity index (χ2v) is 10.3. The minimum atomic E-state index is -0.674. The number of urea groups is 1. The summed E-state index contributed by atoms with van der Waals surface area (Å²) in [7, 11) is 1.53. The van der Waals surface area contributed by atoms with Crippen molar-refractivity contribution >= 4 is 28.7 Å². The molecule has 3 N–H and O–H groups in total. The summed E-state index contributed by atoms with van der Waals surface area (Å²) in [6.45, 7) is 5.98. The third-order valence-corrected chi connectivity index (χ3v) is 8.04. The number of imide groups is 1. The fraction of sp³-hybridized carbons (Fsp3) is 0.393. The highest BCUT2D eigenvalue weighted by Crippen LogP contribution is 2.42. The highest BCUT2D eigenvalue weighted by atomic mass is 35.5. The van der Waals surface area contributed by atoms with Crippen molar-refractivity contribution in [2.75, 3.05) is 53.0 Å².